The Balaban J connectivity index is 1.70. The average molecular weight is 428 g/mol. The summed E-state index contributed by atoms with van der Waals surface area (Å²) in [5.41, 5.74) is 2.27. The number of sulfonamides is 1. The second-order valence-corrected chi connectivity index (χ2v) is 9.15. The highest BCUT2D eigenvalue weighted by Crippen LogP contribution is 2.27. The Morgan fingerprint density at radius 2 is 1.89 bits per heavy atom. The Kier molecular flexibility index (Phi) is 5.74. The average Bonchev–Trinajstić information content (AvgIpc) is 2.60. The lowest BCUT2D eigenvalue weighted by atomic mass is 9.91. The fraction of sp³-hybridized carbons (Fsp3) is 0.278. The van der Waals surface area contributed by atoms with Crippen LogP contribution >= 0.6 is 11.6 Å². The van der Waals surface area contributed by atoms with Crippen molar-refractivity contribution in [3.05, 3.63) is 58.9 Å². The number of nitrogens with one attached hydrogen (secondary N) is 2. The van der Waals surface area contributed by atoms with Gasteiger partial charge in [0.2, 0.25) is 10.0 Å². The van der Waals surface area contributed by atoms with E-state index in [4.69, 9.17) is 16.8 Å². The predicted octanol–water partition coefficient (Wildman–Crippen LogP) is 1.76. The first-order valence-electron chi connectivity index (χ1n) is 8.34. The second-order valence-electron chi connectivity index (χ2n) is 6.73. The number of benzene rings is 2. The zero-order chi connectivity index (χ0) is 20.5. The maximum absolute atomic E-state index is 14.0. The molecular weight excluding hydrogens is 409 g/mol. The van der Waals surface area contributed by atoms with E-state index in [1.807, 2.05) is 0 Å². The van der Waals surface area contributed by atoms with Gasteiger partial charge in [-0.25, -0.2) is 18.3 Å². The third-order valence-electron chi connectivity index (χ3n) is 4.72. The lowest BCUT2D eigenvalue weighted by Crippen LogP contribution is -2.75. The molecule has 2 aromatic rings. The van der Waals surface area contributed by atoms with E-state index < -0.39 is 27.3 Å². The summed E-state index contributed by atoms with van der Waals surface area (Å²) < 4.78 is 38.3. The van der Waals surface area contributed by atoms with Crippen molar-refractivity contribution in [1.82, 2.24) is 15.1 Å². The molecule has 1 heterocycles. The molecule has 0 atom stereocenters. The van der Waals surface area contributed by atoms with Crippen LogP contribution in [0.5, 0.6) is 0 Å². The normalized spacial score (nSPS) is 16.4. The summed E-state index contributed by atoms with van der Waals surface area (Å²) in [5.74, 6) is -1.13. The molecule has 1 saturated heterocycles. The van der Waals surface area contributed by atoms with Crippen LogP contribution in [0.2, 0.25) is 5.02 Å². The van der Waals surface area contributed by atoms with Crippen LogP contribution in [-0.4, -0.2) is 48.7 Å². The van der Waals surface area contributed by atoms with Crippen LogP contribution in [-0.2, 0) is 21.4 Å². The molecule has 0 unspecified atom stereocenters. The van der Waals surface area contributed by atoms with Gasteiger partial charge < -0.3 is 0 Å². The number of hydrogen-bond acceptors (Lipinski definition) is 5. The number of amides is 1. The van der Waals surface area contributed by atoms with Gasteiger partial charge >= 0.3 is 0 Å². The number of hydrogen-bond donors (Lipinski definition) is 3. The van der Waals surface area contributed by atoms with E-state index >= 15 is 0 Å². The molecular formula is C18H19ClFN3O4S. The number of rotatable bonds is 6. The SMILES string of the molecule is CS(=O)(=O)N1CC(NCc2ccc(-c3ccc(Cl)cc3F)cc2)(C(=O)NO)C1. The molecule has 0 radical (unpaired) electrons. The summed E-state index contributed by atoms with van der Waals surface area (Å²) in [6, 6.07) is 11.5. The molecule has 7 nitrogen and oxygen atoms in total. The third-order valence-corrected chi connectivity index (χ3v) is 6.16. The first kappa shape index (κ1) is 20.7. The van der Waals surface area contributed by atoms with Crippen LogP contribution in [0.3, 0.4) is 0 Å². The molecule has 10 heteroatoms. The van der Waals surface area contributed by atoms with Crippen molar-refractivity contribution >= 4 is 27.5 Å². The highest BCUT2D eigenvalue weighted by atomic mass is 35.5. The van der Waals surface area contributed by atoms with Crippen LogP contribution < -0.4 is 10.8 Å². The zero-order valence-corrected chi connectivity index (χ0v) is 16.5. The van der Waals surface area contributed by atoms with Gasteiger partial charge in [-0.1, -0.05) is 35.9 Å². The summed E-state index contributed by atoms with van der Waals surface area (Å²) in [7, 11) is -3.42. The number of carbonyl (C=O) groups is 1. The Morgan fingerprint density at radius 1 is 1.25 bits per heavy atom. The van der Waals surface area contributed by atoms with Gasteiger partial charge in [-0.3, -0.25) is 15.3 Å². The van der Waals surface area contributed by atoms with Crippen LogP contribution in [0.25, 0.3) is 11.1 Å². The molecule has 1 fully saturated rings. The smallest absolute Gasteiger partial charge is 0.266 e. The molecule has 0 saturated carbocycles. The van der Waals surface area contributed by atoms with Gasteiger partial charge in [0.1, 0.15) is 11.4 Å². The first-order valence-corrected chi connectivity index (χ1v) is 10.6. The zero-order valence-electron chi connectivity index (χ0n) is 14.9. The quantitative estimate of drug-likeness (QED) is 0.482. The highest BCUT2D eigenvalue weighted by molar-refractivity contribution is 7.88. The summed E-state index contributed by atoms with van der Waals surface area (Å²) in [5, 5.41) is 12.3. The Hall–Kier alpha value is -2.04. The third kappa shape index (κ3) is 4.18. The highest BCUT2D eigenvalue weighted by Gasteiger charge is 2.52. The van der Waals surface area contributed by atoms with Gasteiger partial charge in [-0.05, 0) is 29.3 Å². The molecule has 28 heavy (non-hydrogen) atoms. The molecule has 3 rings (SSSR count). The molecule has 0 aromatic heterocycles. The summed E-state index contributed by atoms with van der Waals surface area (Å²) >= 11 is 5.77. The van der Waals surface area contributed by atoms with Gasteiger partial charge in [0.25, 0.3) is 5.91 Å². The number of nitrogens with zero attached hydrogens (tertiary/aromatic N) is 1. The predicted molar refractivity (Wildman–Crippen MR) is 103 cm³/mol. The van der Waals surface area contributed by atoms with E-state index in [9.17, 15) is 17.6 Å². The molecule has 0 aliphatic carbocycles. The van der Waals surface area contributed by atoms with Crippen molar-refractivity contribution in [2.45, 2.75) is 12.1 Å². The Bertz CT molecular complexity index is 992. The lowest BCUT2D eigenvalue weighted by molar-refractivity contribution is -0.141. The number of hydroxylamine groups is 1. The summed E-state index contributed by atoms with van der Waals surface area (Å²) in [4.78, 5) is 12.0. The minimum absolute atomic E-state index is 0.0771. The van der Waals surface area contributed by atoms with Crippen molar-refractivity contribution in [2.24, 2.45) is 0 Å². The molecule has 150 valence electrons. The van der Waals surface area contributed by atoms with E-state index in [0.717, 1.165) is 16.1 Å². The minimum atomic E-state index is -3.42. The van der Waals surface area contributed by atoms with E-state index in [2.05, 4.69) is 5.32 Å². The largest absolute Gasteiger partial charge is 0.297 e. The van der Waals surface area contributed by atoms with Gasteiger partial charge in [0.05, 0.1) is 6.26 Å². The Labute approximate surface area is 167 Å². The van der Waals surface area contributed by atoms with Crippen LogP contribution in [0, 0.1) is 5.82 Å². The summed E-state index contributed by atoms with van der Waals surface area (Å²) in [6.45, 7) is 0.104. The van der Waals surface area contributed by atoms with Crippen LogP contribution in [0.1, 0.15) is 5.56 Å². The Morgan fingerprint density at radius 3 is 2.43 bits per heavy atom. The van der Waals surface area contributed by atoms with Crippen molar-refractivity contribution in [3.63, 3.8) is 0 Å². The van der Waals surface area contributed by atoms with Gasteiger partial charge in [0.15, 0.2) is 0 Å². The monoisotopic (exact) mass is 427 g/mol. The fourth-order valence-corrected chi connectivity index (χ4v) is 4.10. The standard InChI is InChI=1S/C18H19ClFN3O4S/c1-28(26,27)23-10-18(11-23,17(24)22-25)21-9-12-2-4-13(5-3-12)15-7-6-14(19)8-16(15)20/h2-8,21,25H,9-11H2,1H3,(H,22,24). The molecule has 0 bridgehead atoms. The number of carbonyl (C=O) groups excluding carboxylic acids is 1. The molecule has 2 aromatic carbocycles. The van der Waals surface area contributed by atoms with Crippen LogP contribution in [0.4, 0.5) is 4.39 Å². The first-order chi connectivity index (χ1) is 13.1. The molecule has 1 aliphatic rings. The molecule has 1 aliphatic heterocycles. The lowest BCUT2D eigenvalue weighted by Gasteiger charge is -2.47. The van der Waals surface area contributed by atoms with Gasteiger partial charge in [-0.2, -0.15) is 4.31 Å². The van der Waals surface area contributed by atoms with Crippen molar-refractivity contribution in [3.8, 4) is 11.1 Å². The van der Waals surface area contributed by atoms with Crippen molar-refractivity contribution in [1.29, 1.82) is 0 Å². The summed E-state index contributed by atoms with van der Waals surface area (Å²) in [6.07, 6.45) is 1.06. The molecule has 3 N–H and O–H groups in total. The second kappa shape index (κ2) is 7.76. The maximum atomic E-state index is 14.0. The molecule has 1 amide bonds. The maximum Gasteiger partial charge on any atom is 0.266 e. The van der Waals surface area contributed by atoms with E-state index in [0.29, 0.717) is 16.1 Å². The van der Waals surface area contributed by atoms with E-state index in [1.54, 1.807) is 41.9 Å². The topological polar surface area (TPSA) is 98.7 Å². The number of halogens is 2. The van der Waals surface area contributed by atoms with E-state index in [1.165, 1.54) is 6.07 Å². The van der Waals surface area contributed by atoms with Crippen LogP contribution in [0.15, 0.2) is 42.5 Å². The fourth-order valence-electron chi connectivity index (χ4n) is 3.03. The van der Waals surface area contributed by atoms with Crippen molar-refractivity contribution in [2.75, 3.05) is 19.3 Å². The van der Waals surface area contributed by atoms with Gasteiger partial charge in [0, 0.05) is 30.2 Å². The minimum Gasteiger partial charge on any atom is -0.297 e. The molecule has 0 spiro atoms. The van der Waals surface area contributed by atoms with Gasteiger partial charge in [-0.15, -0.1) is 0 Å². The van der Waals surface area contributed by atoms with Crippen molar-refractivity contribution < 1.29 is 22.8 Å². The van der Waals surface area contributed by atoms with E-state index in [-0.39, 0.29) is 19.6 Å².